The highest BCUT2D eigenvalue weighted by Crippen LogP contribution is 2.21. The first-order valence-corrected chi connectivity index (χ1v) is 5.37. The molecule has 0 aliphatic rings. The zero-order valence-corrected chi connectivity index (χ0v) is 9.04. The molecule has 0 saturated carbocycles. The van der Waals surface area contributed by atoms with Gasteiger partial charge in [0.25, 0.3) is 0 Å². The molecule has 0 aliphatic carbocycles. The van der Waals surface area contributed by atoms with Gasteiger partial charge in [0.15, 0.2) is 5.65 Å². The average molecular weight is 225 g/mol. The highest BCUT2D eigenvalue weighted by molar-refractivity contribution is 5.69. The maximum Gasteiger partial charge on any atom is 0.177 e. The highest BCUT2D eigenvalue weighted by atomic mass is 16.3. The smallest absolute Gasteiger partial charge is 0.177 e. The Morgan fingerprint density at radius 3 is 2.71 bits per heavy atom. The molecule has 2 aromatic heterocycles. The standard InChI is InChI=1S/C13H11N3O/c17-12(9-4-2-1-3-5-9)10-6-7-11-13(16-10)15-8-14-11/h1-8,12,17H,(H,14,15,16). The van der Waals surface area contributed by atoms with Gasteiger partial charge in [-0.15, -0.1) is 0 Å². The van der Waals surface area contributed by atoms with E-state index < -0.39 is 6.10 Å². The van der Waals surface area contributed by atoms with Crippen LogP contribution < -0.4 is 0 Å². The molecule has 4 heteroatoms. The van der Waals surface area contributed by atoms with E-state index in [0.29, 0.717) is 11.3 Å². The second-order valence-corrected chi connectivity index (χ2v) is 3.82. The summed E-state index contributed by atoms with van der Waals surface area (Å²) in [5, 5.41) is 10.2. The third kappa shape index (κ3) is 1.79. The largest absolute Gasteiger partial charge is 0.382 e. The van der Waals surface area contributed by atoms with Gasteiger partial charge >= 0.3 is 0 Å². The van der Waals surface area contributed by atoms with Crippen molar-refractivity contribution in [1.82, 2.24) is 15.0 Å². The molecule has 0 radical (unpaired) electrons. The van der Waals surface area contributed by atoms with Crippen LogP contribution in [0.2, 0.25) is 0 Å². The first-order valence-electron chi connectivity index (χ1n) is 5.37. The SMILES string of the molecule is OC(c1ccccc1)c1ccc2[nH]cnc2n1. The zero-order valence-electron chi connectivity index (χ0n) is 9.04. The minimum atomic E-state index is -0.711. The van der Waals surface area contributed by atoms with Crippen molar-refractivity contribution >= 4 is 11.2 Å². The van der Waals surface area contributed by atoms with Gasteiger partial charge < -0.3 is 10.1 Å². The van der Waals surface area contributed by atoms with Crippen LogP contribution in [0.15, 0.2) is 48.8 Å². The van der Waals surface area contributed by atoms with E-state index in [2.05, 4.69) is 15.0 Å². The normalized spacial score (nSPS) is 12.8. The van der Waals surface area contributed by atoms with E-state index in [1.165, 1.54) is 0 Å². The number of fused-ring (bicyclic) bond motifs is 1. The number of benzene rings is 1. The van der Waals surface area contributed by atoms with Gasteiger partial charge in [0.2, 0.25) is 0 Å². The fourth-order valence-corrected chi connectivity index (χ4v) is 1.80. The van der Waals surface area contributed by atoms with Gasteiger partial charge in [-0.3, -0.25) is 0 Å². The van der Waals surface area contributed by atoms with Crippen molar-refractivity contribution in [1.29, 1.82) is 0 Å². The number of aromatic nitrogens is 3. The molecule has 1 unspecified atom stereocenters. The van der Waals surface area contributed by atoms with E-state index in [9.17, 15) is 5.11 Å². The Bertz CT molecular complexity index is 633. The number of rotatable bonds is 2. The maximum atomic E-state index is 10.2. The first kappa shape index (κ1) is 9.99. The molecular weight excluding hydrogens is 214 g/mol. The van der Waals surface area contributed by atoms with Crippen LogP contribution in [0.25, 0.3) is 11.2 Å². The molecule has 0 saturated heterocycles. The van der Waals surface area contributed by atoms with Crippen molar-refractivity contribution in [2.75, 3.05) is 0 Å². The Kier molecular flexibility index (Phi) is 2.34. The maximum absolute atomic E-state index is 10.2. The predicted octanol–water partition coefficient (Wildman–Crippen LogP) is 2.04. The Morgan fingerprint density at radius 1 is 1.06 bits per heavy atom. The molecule has 1 atom stereocenters. The van der Waals surface area contributed by atoms with Gasteiger partial charge in [-0.05, 0) is 17.7 Å². The van der Waals surface area contributed by atoms with Crippen LogP contribution in [0.5, 0.6) is 0 Å². The van der Waals surface area contributed by atoms with Crippen molar-refractivity contribution in [3.8, 4) is 0 Å². The quantitative estimate of drug-likeness (QED) is 0.701. The number of imidazole rings is 1. The monoisotopic (exact) mass is 225 g/mol. The molecule has 4 nitrogen and oxygen atoms in total. The van der Waals surface area contributed by atoms with E-state index in [1.54, 1.807) is 12.4 Å². The fraction of sp³-hybridized carbons (Fsp3) is 0.0769. The van der Waals surface area contributed by atoms with Crippen LogP contribution in [-0.2, 0) is 0 Å². The van der Waals surface area contributed by atoms with Crippen LogP contribution in [0.4, 0.5) is 0 Å². The van der Waals surface area contributed by atoms with Gasteiger partial charge in [0.1, 0.15) is 6.10 Å². The number of nitrogens with zero attached hydrogens (tertiary/aromatic N) is 2. The summed E-state index contributed by atoms with van der Waals surface area (Å²) in [6, 6.07) is 13.1. The number of hydrogen-bond donors (Lipinski definition) is 2. The molecule has 2 N–H and O–H groups in total. The number of aliphatic hydroxyl groups excluding tert-OH is 1. The summed E-state index contributed by atoms with van der Waals surface area (Å²) in [7, 11) is 0. The summed E-state index contributed by atoms with van der Waals surface area (Å²) >= 11 is 0. The first-order chi connectivity index (χ1) is 8.34. The molecule has 0 fully saturated rings. The Balaban J connectivity index is 2.03. The number of hydrogen-bond acceptors (Lipinski definition) is 3. The van der Waals surface area contributed by atoms with E-state index in [1.807, 2.05) is 36.4 Å². The van der Waals surface area contributed by atoms with Gasteiger partial charge in [0.05, 0.1) is 17.5 Å². The minimum Gasteiger partial charge on any atom is -0.382 e. The number of nitrogens with one attached hydrogen (secondary N) is 1. The lowest BCUT2D eigenvalue weighted by atomic mass is 10.1. The van der Waals surface area contributed by atoms with Crippen molar-refractivity contribution < 1.29 is 5.11 Å². The minimum absolute atomic E-state index is 0.607. The van der Waals surface area contributed by atoms with Crippen LogP contribution in [0.3, 0.4) is 0 Å². The van der Waals surface area contributed by atoms with E-state index in [0.717, 1.165) is 11.1 Å². The molecule has 3 rings (SSSR count). The molecule has 3 aromatic rings. The summed E-state index contributed by atoms with van der Waals surface area (Å²) in [6.07, 6.45) is 0.883. The fourth-order valence-electron chi connectivity index (χ4n) is 1.80. The molecule has 0 spiro atoms. The van der Waals surface area contributed by atoms with Crippen molar-refractivity contribution in [2.24, 2.45) is 0 Å². The topological polar surface area (TPSA) is 61.8 Å². The average Bonchev–Trinajstić information content (AvgIpc) is 2.86. The number of H-pyrrole nitrogens is 1. The summed E-state index contributed by atoms with van der Waals surface area (Å²) < 4.78 is 0. The molecule has 0 aliphatic heterocycles. The predicted molar refractivity (Wildman–Crippen MR) is 64.4 cm³/mol. The van der Waals surface area contributed by atoms with Crippen LogP contribution in [0.1, 0.15) is 17.4 Å². The molecule has 0 bridgehead atoms. The molecule has 84 valence electrons. The van der Waals surface area contributed by atoms with Crippen molar-refractivity contribution in [2.45, 2.75) is 6.10 Å². The second-order valence-electron chi connectivity index (χ2n) is 3.82. The number of pyridine rings is 1. The lowest BCUT2D eigenvalue weighted by Gasteiger charge is -2.09. The molecule has 1 aromatic carbocycles. The Labute approximate surface area is 98.0 Å². The van der Waals surface area contributed by atoms with Crippen molar-refractivity contribution in [3.05, 3.63) is 60.0 Å². The lowest BCUT2D eigenvalue weighted by Crippen LogP contribution is -2.02. The summed E-state index contributed by atoms with van der Waals surface area (Å²) in [4.78, 5) is 11.4. The van der Waals surface area contributed by atoms with Crippen molar-refractivity contribution in [3.63, 3.8) is 0 Å². The van der Waals surface area contributed by atoms with Gasteiger partial charge in [0, 0.05) is 0 Å². The van der Waals surface area contributed by atoms with E-state index in [-0.39, 0.29) is 0 Å². The van der Waals surface area contributed by atoms with Crippen LogP contribution in [-0.4, -0.2) is 20.1 Å². The number of aromatic amines is 1. The van der Waals surface area contributed by atoms with Crippen LogP contribution in [0, 0.1) is 0 Å². The van der Waals surface area contributed by atoms with Gasteiger partial charge in [-0.1, -0.05) is 30.3 Å². The Hall–Kier alpha value is -2.20. The van der Waals surface area contributed by atoms with Gasteiger partial charge in [-0.25, -0.2) is 9.97 Å². The van der Waals surface area contributed by atoms with E-state index in [4.69, 9.17) is 0 Å². The molecule has 17 heavy (non-hydrogen) atoms. The highest BCUT2D eigenvalue weighted by Gasteiger charge is 2.12. The summed E-state index contributed by atoms with van der Waals surface area (Å²) in [5.41, 5.74) is 2.93. The Morgan fingerprint density at radius 2 is 1.88 bits per heavy atom. The van der Waals surface area contributed by atoms with E-state index >= 15 is 0 Å². The summed E-state index contributed by atoms with van der Waals surface area (Å²) in [5.74, 6) is 0. The third-order valence-corrected chi connectivity index (χ3v) is 2.70. The molecule has 0 amide bonds. The lowest BCUT2D eigenvalue weighted by molar-refractivity contribution is 0.215. The summed E-state index contributed by atoms with van der Waals surface area (Å²) in [6.45, 7) is 0. The van der Waals surface area contributed by atoms with Gasteiger partial charge in [-0.2, -0.15) is 0 Å². The third-order valence-electron chi connectivity index (χ3n) is 2.70. The molecule has 2 heterocycles. The second kappa shape index (κ2) is 3.99. The van der Waals surface area contributed by atoms with Crippen LogP contribution >= 0.6 is 0 Å². The molecular formula is C13H11N3O. The number of aliphatic hydroxyl groups is 1. The zero-order chi connectivity index (χ0) is 11.7.